The fraction of sp³-hybridized carbons (Fsp3) is 0.0714. The van der Waals surface area contributed by atoms with Crippen LogP contribution in [0.25, 0.3) is 11.6 Å². The summed E-state index contributed by atoms with van der Waals surface area (Å²) in [5.74, 6) is 0.184. The minimum absolute atomic E-state index is 0.0438. The van der Waals surface area contributed by atoms with Gasteiger partial charge in [0.15, 0.2) is 11.5 Å². The highest BCUT2D eigenvalue weighted by molar-refractivity contribution is 7.71. The van der Waals surface area contributed by atoms with E-state index in [1.165, 1.54) is 30.3 Å². The van der Waals surface area contributed by atoms with Gasteiger partial charge in [-0.25, -0.2) is 5.10 Å². The van der Waals surface area contributed by atoms with E-state index >= 15 is 0 Å². The van der Waals surface area contributed by atoms with Crippen LogP contribution < -0.4 is 4.74 Å². The third kappa shape index (κ3) is 3.12. The van der Waals surface area contributed by atoms with E-state index in [1.807, 2.05) is 0 Å². The van der Waals surface area contributed by atoms with Gasteiger partial charge in [0.25, 0.3) is 0 Å². The standard InChI is InChI=1S/C14H11N5O5S/c1-23-11-6-8(5-9(12(11)20)19(21)22)7-15-18-13(16-17-14(18)25)10-3-2-4-24-10/h2-7,20H,1H3,(H,17,25)/b15-7-. The smallest absolute Gasteiger partial charge is 0.315 e. The van der Waals surface area contributed by atoms with Crippen LogP contribution in [0.1, 0.15) is 5.56 Å². The summed E-state index contributed by atoms with van der Waals surface area (Å²) in [4.78, 5) is 10.3. The van der Waals surface area contributed by atoms with Crippen LogP contribution in [0.15, 0.2) is 40.0 Å². The largest absolute Gasteiger partial charge is 0.500 e. The highest BCUT2D eigenvalue weighted by atomic mass is 32.1. The van der Waals surface area contributed by atoms with Crippen LogP contribution in [0.5, 0.6) is 11.5 Å². The normalized spacial score (nSPS) is 11.1. The molecular formula is C14H11N5O5S. The van der Waals surface area contributed by atoms with E-state index in [1.54, 1.807) is 12.1 Å². The summed E-state index contributed by atoms with van der Waals surface area (Å²) in [6.07, 6.45) is 2.81. The number of aromatic amines is 1. The van der Waals surface area contributed by atoms with Gasteiger partial charge in [0, 0.05) is 11.6 Å². The van der Waals surface area contributed by atoms with Crippen molar-refractivity contribution >= 4 is 24.1 Å². The number of H-pyrrole nitrogens is 1. The van der Waals surface area contributed by atoms with Gasteiger partial charge in [-0.1, -0.05) is 0 Å². The van der Waals surface area contributed by atoms with E-state index in [4.69, 9.17) is 21.4 Å². The van der Waals surface area contributed by atoms with Gasteiger partial charge in [-0.2, -0.15) is 9.78 Å². The molecule has 1 aromatic carbocycles. The Hall–Kier alpha value is -3.47. The minimum atomic E-state index is -0.715. The molecule has 0 fully saturated rings. The van der Waals surface area contributed by atoms with Crippen molar-refractivity contribution in [3.63, 3.8) is 0 Å². The second-order valence-corrected chi connectivity index (χ2v) is 5.12. The SMILES string of the molecule is COc1cc(/C=N\n2c(-c3ccco3)n[nH]c2=S)cc([N+](=O)[O-])c1O. The molecule has 0 atom stereocenters. The van der Waals surface area contributed by atoms with Gasteiger partial charge in [-0.05, 0) is 30.4 Å². The molecule has 2 heterocycles. The quantitative estimate of drug-likeness (QED) is 0.309. The number of ether oxygens (including phenoxy) is 1. The number of nitrogens with zero attached hydrogens (tertiary/aromatic N) is 4. The van der Waals surface area contributed by atoms with Crippen molar-refractivity contribution in [3.05, 3.63) is 51.0 Å². The zero-order valence-electron chi connectivity index (χ0n) is 12.7. The van der Waals surface area contributed by atoms with Gasteiger partial charge in [-0.15, -0.1) is 5.10 Å². The molecule has 0 saturated carbocycles. The molecule has 0 aliphatic carbocycles. The highest BCUT2D eigenvalue weighted by Gasteiger charge is 2.19. The number of hydrogen-bond acceptors (Lipinski definition) is 8. The molecule has 3 rings (SSSR count). The number of methoxy groups -OCH3 is 1. The summed E-state index contributed by atoms with van der Waals surface area (Å²) in [7, 11) is 1.29. The lowest BCUT2D eigenvalue weighted by atomic mass is 10.2. The average molecular weight is 361 g/mol. The predicted octanol–water partition coefficient (Wildman–Crippen LogP) is 2.71. The van der Waals surface area contributed by atoms with Gasteiger partial charge >= 0.3 is 5.69 Å². The molecule has 3 aromatic rings. The van der Waals surface area contributed by atoms with Crippen LogP contribution in [0.4, 0.5) is 5.69 Å². The molecular weight excluding hydrogens is 350 g/mol. The molecule has 128 valence electrons. The number of nitro groups is 1. The van der Waals surface area contributed by atoms with Crippen molar-refractivity contribution in [1.29, 1.82) is 0 Å². The second kappa shape index (κ2) is 6.57. The highest BCUT2D eigenvalue weighted by Crippen LogP contribution is 2.36. The first-order valence-corrected chi connectivity index (χ1v) is 7.23. The van der Waals surface area contributed by atoms with Gasteiger partial charge < -0.3 is 14.3 Å². The molecule has 0 aliphatic rings. The van der Waals surface area contributed by atoms with Crippen molar-refractivity contribution < 1.29 is 19.2 Å². The molecule has 0 radical (unpaired) electrons. The fourth-order valence-electron chi connectivity index (χ4n) is 2.07. The fourth-order valence-corrected chi connectivity index (χ4v) is 2.25. The molecule has 0 unspecified atom stereocenters. The summed E-state index contributed by atoms with van der Waals surface area (Å²) in [6, 6.07) is 5.94. The predicted molar refractivity (Wildman–Crippen MR) is 89.4 cm³/mol. The molecule has 0 aliphatic heterocycles. The van der Waals surface area contributed by atoms with Crippen LogP contribution in [0, 0.1) is 14.9 Å². The number of phenolic OH excluding ortho intramolecular Hbond substituents is 1. The zero-order chi connectivity index (χ0) is 18.0. The van der Waals surface area contributed by atoms with E-state index in [-0.39, 0.29) is 10.5 Å². The topological polar surface area (TPSA) is 132 Å². The second-order valence-electron chi connectivity index (χ2n) is 4.73. The Labute approximate surface area is 145 Å². The Bertz CT molecular complexity index is 1010. The van der Waals surface area contributed by atoms with Crippen LogP contribution in [0.3, 0.4) is 0 Å². The minimum Gasteiger partial charge on any atom is -0.500 e. The maximum Gasteiger partial charge on any atom is 0.315 e. The van der Waals surface area contributed by atoms with Crippen molar-refractivity contribution in [2.24, 2.45) is 5.10 Å². The molecule has 2 N–H and O–H groups in total. The summed E-state index contributed by atoms with van der Waals surface area (Å²) in [5, 5.41) is 31.6. The number of rotatable bonds is 5. The van der Waals surface area contributed by atoms with Crippen LogP contribution in [0.2, 0.25) is 0 Å². The first kappa shape index (κ1) is 16.4. The molecule has 11 heteroatoms. The lowest BCUT2D eigenvalue weighted by Crippen LogP contribution is -1.97. The summed E-state index contributed by atoms with van der Waals surface area (Å²) in [5.41, 5.74) is -0.169. The number of nitro benzene ring substituents is 1. The number of hydrogen-bond donors (Lipinski definition) is 2. The molecule has 2 aromatic heterocycles. The van der Waals surface area contributed by atoms with Crippen molar-refractivity contribution in [2.45, 2.75) is 0 Å². The van der Waals surface area contributed by atoms with E-state index in [0.29, 0.717) is 17.1 Å². The maximum absolute atomic E-state index is 11.0. The lowest BCUT2D eigenvalue weighted by molar-refractivity contribution is -0.386. The van der Waals surface area contributed by atoms with E-state index < -0.39 is 16.4 Å². The Morgan fingerprint density at radius 1 is 1.56 bits per heavy atom. The molecule has 10 nitrogen and oxygen atoms in total. The van der Waals surface area contributed by atoms with E-state index in [9.17, 15) is 15.2 Å². The van der Waals surface area contributed by atoms with Crippen molar-refractivity contribution in [3.8, 4) is 23.1 Å². The first-order valence-electron chi connectivity index (χ1n) is 6.82. The Morgan fingerprint density at radius 2 is 2.36 bits per heavy atom. The van der Waals surface area contributed by atoms with Gasteiger partial charge in [0.2, 0.25) is 16.3 Å². The van der Waals surface area contributed by atoms with Crippen LogP contribution in [-0.2, 0) is 0 Å². The Kier molecular flexibility index (Phi) is 4.31. The van der Waals surface area contributed by atoms with E-state index in [0.717, 1.165) is 6.07 Å². The lowest BCUT2D eigenvalue weighted by Gasteiger charge is -2.05. The van der Waals surface area contributed by atoms with Crippen LogP contribution in [-0.4, -0.2) is 38.2 Å². The van der Waals surface area contributed by atoms with E-state index in [2.05, 4.69) is 15.3 Å². The molecule has 0 saturated heterocycles. The Balaban J connectivity index is 2.04. The molecule has 25 heavy (non-hydrogen) atoms. The van der Waals surface area contributed by atoms with Crippen molar-refractivity contribution in [1.82, 2.24) is 14.9 Å². The van der Waals surface area contributed by atoms with Gasteiger partial charge in [-0.3, -0.25) is 10.1 Å². The maximum atomic E-state index is 11.0. The summed E-state index contributed by atoms with van der Waals surface area (Å²) >= 11 is 5.12. The average Bonchev–Trinajstić information content (AvgIpc) is 3.23. The molecule has 0 spiro atoms. The summed E-state index contributed by atoms with van der Waals surface area (Å²) < 4.78 is 11.7. The number of nitrogens with one attached hydrogen (secondary N) is 1. The number of aromatic nitrogens is 3. The number of benzene rings is 1. The monoisotopic (exact) mass is 361 g/mol. The first-order chi connectivity index (χ1) is 12.0. The third-order valence-corrected chi connectivity index (χ3v) is 3.47. The van der Waals surface area contributed by atoms with Gasteiger partial charge in [0.05, 0.1) is 24.5 Å². The van der Waals surface area contributed by atoms with Gasteiger partial charge in [0.1, 0.15) is 0 Å². The van der Waals surface area contributed by atoms with Crippen molar-refractivity contribution in [2.75, 3.05) is 7.11 Å². The number of phenols is 1. The third-order valence-electron chi connectivity index (χ3n) is 3.21. The molecule has 0 amide bonds. The van der Waals surface area contributed by atoms with Crippen LogP contribution >= 0.6 is 12.2 Å². The zero-order valence-corrected chi connectivity index (χ0v) is 13.6. The number of aromatic hydroxyl groups is 1. The summed E-state index contributed by atoms with van der Waals surface area (Å²) in [6.45, 7) is 0. The number of furan rings is 1. The Morgan fingerprint density at radius 3 is 3.00 bits per heavy atom. The molecule has 0 bridgehead atoms.